The van der Waals surface area contributed by atoms with Crippen LogP contribution in [0.5, 0.6) is 5.75 Å². The van der Waals surface area contributed by atoms with Gasteiger partial charge in [-0.2, -0.15) is 0 Å². The maximum absolute atomic E-state index is 11.9. The zero-order valence-electron chi connectivity index (χ0n) is 14.9. The van der Waals surface area contributed by atoms with E-state index in [2.05, 4.69) is 28.9 Å². The van der Waals surface area contributed by atoms with Gasteiger partial charge in [-0.25, -0.2) is 0 Å². The molecule has 4 rings (SSSR count). The average Bonchev–Trinajstić information content (AvgIpc) is 3.12. The molecule has 1 heterocycles. The summed E-state index contributed by atoms with van der Waals surface area (Å²) in [5.41, 5.74) is 4.07. The molecule has 0 spiro atoms. The number of phenolic OH excluding ortho intramolecular Hbond substituents is 1. The molecule has 2 aromatic rings. The molecular formula is C22H24N2O2. The van der Waals surface area contributed by atoms with Crippen molar-refractivity contribution in [3.05, 3.63) is 65.7 Å². The maximum atomic E-state index is 11.9. The lowest BCUT2D eigenvalue weighted by atomic mass is 9.76. The lowest BCUT2D eigenvalue weighted by molar-refractivity contribution is -0.116. The summed E-state index contributed by atoms with van der Waals surface area (Å²) in [5, 5.41) is 16.9. The van der Waals surface area contributed by atoms with Crippen LogP contribution in [0.4, 0.5) is 11.4 Å². The van der Waals surface area contributed by atoms with Crippen LogP contribution in [0.1, 0.15) is 49.3 Å². The van der Waals surface area contributed by atoms with E-state index in [1.54, 1.807) is 6.07 Å². The summed E-state index contributed by atoms with van der Waals surface area (Å²) in [6.07, 6.45) is 6.84. The number of hydrogen-bond acceptors (Lipinski definition) is 3. The number of carbonyl (C=O) groups is 1. The maximum Gasteiger partial charge on any atom is 0.224 e. The van der Waals surface area contributed by atoms with Crippen LogP contribution >= 0.6 is 0 Å². The number of rotatable bonds is 4. The lowest BCUT2D eigenvalue weighted by Crippen LogP contribution is -2.29. The zero-order chi connectivity index (χ0) is 18.1. The number of anilines is 2. The average molecular weight is 348 g/mol. The van der Waals surface area contributed by atoms with Gasteiger partial charge in [0.25, 0.3) is 0 Å². The third kappa shape index (κ3) is 2.96. The minimum atomic E-state index is 0.0572. The largest absolute Gasteiger partial charge is 0.508 e. The molecule has 3 N–H and O–H groups in total. The van der Waals surface area contributed by atoms with Gasteiger partial charge in [0, 0.05) is 29.3 Å². The predicted octanol–water partition coefficient (Wildman–Crippen LogP) is 4.96. The van der Waals surface area contributed by atoms with E-state index >= 15 is 0 Å². The first-order valence-electron chi connectivity index (χ1n) is 9.32. The Balaban J connectivity index is 1.67. The summed E-state index contributed by atoms with van der Waals surface area (Å²) in [6, 6.07) is 13.7. The summed E-state index contributed by atoms with van der Waals surface area (Å²) in [4.78, 5) is 11.9. The monoisotopic (exact) mass is 348 g/mol. The Bertz CT molecular complexity index is 859. The second-order valence-electron chi connectivity index (χ2n) is 7.13. The minimum Gasteiger partial charge on any atom is -0.508 e. The van der Waals surface area contributed by atoms with Gasteiger partial charge in [-0.05, 0) is 48.6 Å². The van der Waals surface area contributed by atoms with Gasteiger partial charge in [0.05, 0.1) is 6.04 Å². The SMILES string of the molecule is CCCC(=O)Nc1ccc2c(c1)C1C=CCC1C(c1ccccc1O)N2. The van der Waals surface area contributed by atoms with E-state index in [1.165, 1.54) is 5.56 Å². The summed E-state index contributed by atoms with van der Waals surface area (Å²) in [6.45, 7) is 2.00. The van der Waals surface area contributed by atoms with Crippen molar-refractivity contribution < 1.29 is 9.90 Å². The molecule has 4 nitrogen and oxygen atoms in total. The van der Waals surface area contributed by atoms with Crippen molar-refractivity contribution in [2.45, 2.75) is 38.1 Å². The summed E-state index contributed by atoms with van der Waals surface area (Å²) in [5.74, 6) is 1.04. The topological polar surface area (TPSA) is 61.4 Å². The second kappa shape index (κ2) is 6.87. The van der Waals surface area contributed by atoms with Gasteiger partial charge in [-0.1, -0.05) is 37.3 Å². The van der Waals surface area contributed by atoms with Crippen LogP contribution < -0.4 is 10.6 Å². The smallest absolute Gasteiger partial charge is 0.224 e. The molecule has 0 saturated heterocycles. The van der Waals surface area contributed by atoms with Crippen molar-refractivity contribution in [1.82, 2.24) is 0 Å². The Morgan fingerprint density at radius 3 is 2.88 bits per heavy atom. The van der Waals surface area contributed by atoms with Crippen LogP contribution in [-0.2, 0) is 4.79 Å². The Morgan fingerprint density at radius 1 is 1.23 bits per heavy atom. The number of aromatic hydroxyl groups is 1. The molecule has 26 heavy (non-hydrogen) atoms. The van der Waals surface area contributed by atoms with Crippen LogP contribution in [0.25, 0.3) is 0 Å². The Morgan fingerprint density at radius 2 is 2.08 bits per heavy atom. The Kier molecular flexibility index (Phi) is 4.41. The number of fused-ring (bicyclic) bond motifs is 3. The van der Waals surface area contributed by atoms with Gasteiger partial charge in [-0.3, -0.25) is 4.79 Å². The Hall–Kier alpha value is -2.75. The molecule has 0 fully saturated rings. The Labute approximate surface area is 153 Å². The lowest BCUT2D eigenvalue weighted by Gasteiger charge is -2.38. The van der Waals surface area contributed by atoms with Crippen molar-refractivity contribution in [3.8, 4) is 5.75 Å². The molecule has 0 radical (unpaired) electrons. The van der Waals surface area contributed by atoms with Crippen LogP contribution in [0.15, 0.2) is 54.6 Å². The van der Waals surface area contributed by atoms with Crippen molar-refractivity contribution in [2.75, 3.05) is 10.6 Å². The minimum absolute atomic E-state index is 0.0572. The van der Waals surface area contributed by atoms with Crippen LogP contribution in [0, 0.1) is 5.92 Å². The summed E-state index contributed by atoms with van der Waals surface area (Å²) >= 11 is 0. The number of hydrogen-bond donors (Lipinski definition) is 3. The van der Waals surface area contributed by atoms with Crippen molar-refractivity contribution >= 4 is 17.3 Å². The number of amides is 1. The van der Waals surface area contributed by atoms with Crippen LogP contribution in [-0.4, -0.2) is 11.0 Å². The fourth-order valence-electron chi connectivity index (χ4n) is 4.18. The molecule has 0 aromatic heterocycles. The highest BCUT2D eigenvalue weighted by Gasteiger charge is 2.38. The first-order valence-corrected chi connectivity index (χ1v) is 9.32. The normalized spacial score (nSPS) is 23.0. The molecule has 0 bridgehead atoms. The molecule has 134 valence electrons. The number of phenols is 1. The van der Waals surface area contributed by atoms with Crippen molar-refractivity contribution in [1.29, 1.82) is 0 Å². The number of carbonyl (C=O) groups excluding carboxylic acids is 1. The molecule has 3 atom stereocenters. The van der Waals surface area contributed by atoms with E-state index in [-0.39, 0.29) is 11.9 Å². The van der Waals surface area contributed by atoms with Crippen LogP contribution in [0.3, 0.4) is 0 Å². The molecule has 1 aliphatic heterocycles. The van der Waals surface area contributed by atoms with E-state index in [1.807, 2.05) is 37.3 Å². The third-order valence-electron chi connectivity index (χ3n) is 5.40. The van der Waals surface area contributed by atoms with Gasteiger partial charge in [-0.15, -0.1) is 0 Å². The predicted molar refractivity (Wildman–Crippen MR) is 104 cm³/mol. The molecule has 3 unspecified atom stereocenters. The highest BCUT2D eigenvalue weighted by atomic mass is 16.3. The van der Waals surface area contributed by atoms with E-state index in [0.29, 0.717) is 24.0 Å². The quantitative estimate of drug-likeness (QED) is 0.685. The van der Waals surface area contributed by atoms with E-state index in [0.717, 1.165) is 29.8 Å². The van der Waals surface area contributed by atoms with Crippen LogP contribution in [0.2, 0.25) is 0 Å². The third-order valence-corrected chi connectivity index (χ3v) is 5.40. The highest BCUT2D eigenvalue weighted by Crippen LogP contribution is 2.51. The molecule has 2 aliphatic rings. The second-order valence-corrected chi connectivity index (χ2v) is 7.13. The fourth-order valence-corrected chi connectivity index (χ4v) is 4.18. The van der Waals surface area contributed by atoms with Gasteiger partial charge in [0.15, 0.2) is 0 Å². The molecule has 2 aromatic carbocycles. The fraction of sp³-hybridized carbons (Fsp3) is 0.318. The van der Waals surface area contributed by atoms with E-state index in [9.17, 15) is 9.90 Å². The van der Waals surface area contributed by atoms with Gasteiger partial charge in [0.2, 0.25) is 5.91 Å². The first-order chi connectivity index (χ1) is 12.7. The summed E-state index contributed by atoms with van der Waals surface area (Å²) < 4.78 is 0. The van der Waals surface area contributed by atoms with Crippen molar-refractivity contribution in [2.24, 2.45) is 5.92 Å². The number of benzene rings is 2. The van der Waals surface area contributed by atoms with E-state index < -0.39 is 0 Å². The standard InChI is InChI=1S/C22H24N2O2/c1-2-6-21(26)23-14-11-12-19-18(13-14)15-8-5-9-16(15)22(24-19)17-7-3-4-10-20(17)25/h3-5,7-8,10-13,15-16,22,24-25H,2,6,9H2,1H3,(H,23,26). The molecule has 1 amide bonds. The summed E-state index contributed by atoms with van der Waals surface area (Å²) in [7, 11) is 0. The number of nitrogens with one attached hydrogen (secondary N) is 2. The number of para-hydroxylation sites is 1. The van der Waals surface area contributed by atoms with Gasteiger partial charge >= 0.3 is 0 Å². The molecule has 4 heteroatoms. The zero-order valence-corrected chi connectivity index (χ0v) is 14.9. The van der Waals surface area contributed by atoms with Gasteiger partial charge < -0.3 is 15.7 Å². The van der Waals surface area contributed by atoms with Gasteiger partial charge in [0.1, 0.15) is 5.75 Å². The highest BCUT2D eigenvalue weighted by molar-refractivity contribution is 5.91. The first kappa shape index (κ1) is 16.7. The van der Waals surface area contributed by atoms with E-state index in [4.69, 9.17) is 0 Å². The molecule has 0 saturated carbocycles. The molecular weight excluding hydrogens is 324 g/mol. The molecule has 1 aliphatic carbocycles. The van der Waals surface area contributed by atoms with Crippen molar-refractivity contribution in [3.63, 3.8) is 0 Å². The number of allylic oxidation sites excluding steroid dienone is 2.